The van der Waals surface area contributed by atoms with Gasteiger partial charge in [0, 0.05) is 43.2 Å². The lowest BCUT2D eigenvalue weighted by Gasteiger charge is -2.32. The number of hydrogen-bond donors (Lipinski definition) is 0. The van der Waals surface area contributed by atoms with Crippen LogP contribution in [0, 0.1) is 6.92 Å². The number of aromatic nitrogens is 5. The summed E-state index contributed by atoms with van der Waals surface area (Å²) in [6, 6.07) is 13.2. The number of carbonyl (C=O) groups excluding carboxylic acids is 1. The predicted molar refractivity (Wildman–Crippen MR) is 126 cm³/mol. The van der Waals surface area contributed by atoms with Gasteiger partial charge in [-0.05, 0) is 43.5 Å². The number of para-hydroxylation sites is 1. The van der Waals surface area contributed by atoms with Gasteiger partial charge >= 0.3 is 0 Å². The van der Waals surface area contributed by atoms with E-state index >= 15 is 0 Å². The molecule has 1 fully saturated rings. The second-order valence-electron chi connectivity index (χ2n) is 8.28. The Morgan fingerprint density at radius 3 is 2.68 bits per heavy atom. The number of carbonyl (C=O) groups is 1. The molecule has 1 aromatic carbocycles. The molecule has 170 valence electrons. The van der Waals surface area contributed by atoms with Crippen LogP contribution in [-0.4, -0.2) is 48.8 Å². The highest BCUT2D eigenvalue weighted by molar-refractivity contribution is 5.93. The Morgan fingerprint density at radius 2 is 1.82 bits per heavy atom. The quantitative estimate of drug-likeness (QED) is 0.442. The van der Waals surface area contributed by atoms with Crippen molar-refractivity contribution in [3.05, 3.63) is 90.5 Å². The van der Waals surface area contributed by atoms with Gasteiger partial charge in [0.15, 0.2) is 0 Å². The number of nitrogens with zero attached hydrogens (tertiary/aromatic N) is 6. The number of amides is 1. The number of likely N-dealkylation sites (tertiary alicyclic amines) is 1. The SMILES string of the molecule is Cc1ccccc1Oc1cncc([C@@H]2CCCN(C(=O)c3cccc(-c4cncnc4)n3)C2)n1. The molecule has 0 aliphatic carbocycles. The number of ether oxygens (including phenoxy) is 1. The van der Waals surface area contributed by atoms with E-state index in [2.05, 4.69) is 19.9 Å². The molecule has 5 rings (SSSR count). The number of benzene rings is 1. The first-order valence-electron chi connectivity index (χ1n) is 11.2. The van der Waals surface area contributed by atoms with Crippen LogP contribution in [0.2, 0.25) is 0 Å². The van der Waals surface area contributed by atoms with E-state index in [4.69, 9.17) is 9.72 Å². The van der Waals surface area contributed by atoms with Crippen LogP contribution in [0.3, 0.4) is 0 Å². The Morgan fingerprint density at radius 1 is 0.971 bits per heavy atom. The summed E-state index contributed by atoms with van der Waals surface area (Å²) in [6.07, 6.45) is 10.0. The fourth-order valence-electron chi connectivity index (χ4n) is 4.10. The Kier molecular flexibility index (Phi) is 6.20. The van der Waals surface area contributed by atoms with E-state index in [0.717, 1.165) is 35.4 Å². The molecule has 1 atom stereocenters. The number of hydrogen-bond acceptors (Lipinski definition) is 7. The van der Waals surface area contributed by atoms with Gasteiger partial charge in [-0.15, -0.1) is 0 Å². The molecule has 0 spiro atoms. The maximum absolute atomic E-state index is 13.3. The van der Waals surface area contributed by atoms with E-state index in [-0.39, 0.29) is 11.8 Å². The van der Waals surface area contributed by atoms with Crippen LogP contribution in [0.1, 0.15) is 40.5 Å². The molecule has 0 N–H and O–H groups in total. The van der Waals surface area contributed by atoms with Gasteiger partial charge in [-0.1, -0.05) is 24.3 Å². The van der Waals surface area contributed by atoms with E-state index in [1.54, 1.807) is 30.9 Å². The minimum atomic E-state index is -0.0938. The van der Waals surface area contributed by atoms with Crippen LogP contribution in [-0.2, 0) is 0 Å². The first-order valence-corrected chi connectivity index (χ1v) is 11.2. The Balaban J connectivity index is 1.32. The number of piperidine rings is 1. The fourth-order valence-corrected chi connectivity index (χ4v) is 4.10. The van der Waals surface area contributed by atoms with Crippen molar-refractivity contribution < 1.29 is 9.53 Å². The van der Waals surface area contributed by atoms with Crippen molar-refractivity contribution in [2.45, 2.75) is 25.7 Å². The highest BCUT2D eigenvalue weighted by Crippen LogP contribution is 2.29. The van der Waals surface area contributed by atoms with Gasteiger partial charge in [-0.3, -0.25) is 9.78 Å². The fraction of sp³-hybridized carbons (Fsp3) is 0.231. The topological polar surface area (TPSA) is 94.0 Å². The number of pyridine rings is 1. The molecule has 1 saturated heterocycles. The zero-order chi connectivity index (χ0) is 23.3. The third kappa shape index (κ3) is 4.76. The number of aryl methyl sites for hydroxylation is 1. The van der Waals surface area contributed by atoms with Crippen LogP contribution < -0.4 is 4.74 Å². The zero-order valence-electron chi connectivity index (χ0n) is 18.8. The van der Waals surface area contributed by atoms with E-state index in [1.165, 1.54) is 6.33 Å². The van der Waals surface area contributed by atoms with Crippen molar-refractivity contribution in [1.82, 2.24) is 29.8 Å². The lowest BCUT2D eigenvalue weighted by molar-refractivity contribution is 0.0700. The molecule has 1 amide bonds. The van der Waals surface area contributed by atoms with Crippen molar-refractivity contribution in [3.8, 4) is 22.9 Å². The van der Waals surface area contributed by atoms with Crippen molar-refractivity contribution >= 4 is 5.91 Å². The van der Waals surface area contributed by atoms with Gasteiger partial charge < -0.3 is 9.64 Å². The second kappa shape index (κ2) is 9.74. The summed E-state index contributed by atoms with van der Waals surface area (Å²) in [7, 11) is 0. The van der Waals surface area contributed by atoms with Gasteiger partial charge in [-0.25, -0.2) is 19.9 Å². The summed E-state index contributed by atoms with van der Waals surface area (Å²) >= 11 is 0. The summed E-state index contributed by atoms with van der Waals surface area (Å²) < 4.78 is 5.97. The third-order valence-corrected chi connectivity index (χ3v) is 5.89. The van der Waals surface area contributed by atoms with Crippen LogP contribution >= 0.6 is 0 Å². The first kappa shape index (κ1) is 21.6. The number of rotatable bonds is 5. The molecule has 1 aliphatic heterocycles. The van der Waals surface area contributed by atoms with Gasteiger partial charge in [0.2, 0.25) is 5.88 Å². The summed E-state index contributed by atoms with van der Waals surface area (Å²) in [4.78, 5) is 36.8. The Hall–Kier alpha value is -4.20. The van der Waals surface area contributed by atoms with E-state index in [9.17, 15) is 4.79 Å². The standard InChI is InChI=1S/C26H24N6O2/c1-18-6-2-3-10-24(18)34-25-15-27-14-23(31-25)19-7-5-11-32(16-19)26(33)22-9-4-8-21(30-22)20-12-28-17-29-13-20/h2-4,6,8-10,12-15,17,19H,5,7,11,16H2,1H3/t19-/m1/s1. The molecule has 0 bridgehead atoms. The van der Waals surface area contributed by atoms with Crippen LogP contribution in [0.5, 0.6) is 11.6 Å². The molecular weight excluding hydrogens is 428 g/mol. The lowest BCUT2D eigenvalue weighted by Crippen LogP contribution is -2.39. The molecule has 0 unspecified atom stereocenters. The van der Waals surface area contributed by atoms with Gasteiger partial charge in [0.25, 0.3) is 5.91 Å². The molecule has 4 heterocycles. The third-order valence-electron chi connectivity index (χ3n) is 5.89. The summed E-state index contributed by atoms with van der Waals surface area (Å²) in [5.41, 5.74) is 3.71. The molecule has 0 radical (unpaired) electrons. The Labute approximate surface area is 197 Å². The molecule has 1 aliphatic rings. The Bertz CT molecular complexity index is 1300. The van der Waals surface area contributed by atoms with Gasteiger partial charge in [0.05, 0.1) is 17.6 Å². The lowest BCUT2D eigenvalue weighted by atomic mass is 9.94. The highest BCUT2D eigenvalue weighted by atomic mass is 16.5. The van der Waals surface area contributed by atoms with Crippen molar-refractivity contribution in [2.75, 3.05) is 13.1 Å². The van der Waals surface area contributed by atoms with E-state index < -0.39 is 0 Å². The average Bonchev–Trinajstić information content (AvgIpc) is 2.90. The summed E-state index contributed by atoms with van der Waals surface area (Å²) in [6.45, 7) is 3.23. The molecule has 3 aromatic heterocycles. The maximum Gasteiger partial charge on any atom is 0.272 e. The normalized spacial score (nSPS) is 15.7. The average molecular weight is 453 g/mol. The summed E-state index contributed by atoms with van der Waals surface area (Å²) in [5.74, 6) is 1.19. The largest absolute Gasteiger partial charge is 0.437 e. The van der Waals surface area contributed by atoms with Crippen molar-refractivity contribution in [3.63, 3.8) is 0 Å². The minimum Gasteiger partial charge on any atom is -0.437 e. The molecule has 8 heteroatoms. The van der Waals surface area contributed by atoms with Crippen LogP contribution in [0.15, 0.2) is 73.6 Å². The highest BCUT2D eigenvalue weighted by Gasteiger charge is 2.27. The summed E-state index contributed by atoms with van der Waals surface area (Å²) in [5, 5.41) is 0. The minimum absolute atomic E-state index is 0.0799. The molecule has 34 heavy (non-hydrogen) atoms. The second-order valence-corrected chi connectivity index (χ2v) is 8.28. The molecule has 4 aromatic rings. The van der Waals surface area contributed by atoms with E-state index in [1.807, 2.05) is 48.2 Å². The smallest absolute Gasteiger partial charge is 0.272 e. The van der Waals surface area contributed by atoms with Gasteiger partial charge in [0.1, 0.15) is 17.8 Å². The van der Waals surface area contributed by atoms with E-state index in [0.29, 0.717) is 30.4 Å². The maximum atomic E-state index is 13.3. The van der Waals surface area contributed by atoms with Crippen LogP contribution in [0.4, 0.5) is 0 Å². The van der Waals surface area contributed by atoms with Crippen molar-refractivity contribution in [2.24, 2.45) is 0 Å². The van der Waals surface area contributed by atoms with Crippen molar-refractivity contribution in [1.29, 1.82) is 0 Å². The predicted octanol–water partition coefficient (Wildman–Crippen LogP) is 4.45. The molecule has 0 saturated carbocycles. The molecule has 8 nitrogen and oxygen atoms in total. The van der Waals surface area contributed by atoms with Gasteiger partial charge in [-0.2, -0.15) is 0 Å². The first-order chi connectivity index (χ1) is 16.7. The molecular formula is C26H24N6O2. The monoisotopic (exact) mass is 452 g/mol. The van der Waals surface area contributed by atoms with Crippen LogP contribution in [0.25, 0.3) is 11.3 Å². The zero-order valence-corrected chi connectivity index (χ0v) is 18.8.